The summed E-state index contributed by atoms with van der Waals surface area (Å²) in [6.45, 7) is 9.17. The lowest BCUT2D eigenvalue weighted by atomic mass is 10.2. The Balaban J connectivity index is 2.04. The van der Waals surface area contributed by atoms with Crippen LogP contribution in [-0.4, -0.2) is 18.1 Å². The number of rotatable bonds is 6. The van der Waals surface area contributed by atoms with Crippen LogP contribution in [0.1, 0.15) is 25.0 Å². The zero-order valence-electron chi connectivity index (χ0n) is 12.9. The van der Waals surface area contributed by atoms with E-state index in [1.54, 1.807) is 6.20 Å². The van der Waals surface area contributed by atoms with E-state index in [-0.39, 0.29) is 0 Å². The van der Waals surface area contributed by atoms with E-state index < -0.39 is 0 Å². The smallest absolute Gasteiger partial charge is 0.152 e. The van der Waals surface area contributed by atoms with Crippen molar-refractivity contribution in [1.29, 1.82) is 0 Å². The van der Waals surface area contributed by atoms with Crippen LogP contribution in [0.2, 0.25) is 5.15 Å². The molecular weight excluding hydrogens is 282 g/mol. The molecule has 21 heavy (non-hydrogen) atoms. The van der Waals surface area contributed by atoms with Crippen LogP contribution in [0.4, 0.5) is 11.4 Å². The van der Waals surface area contributed by atoms with Crippen LogP contribution < -0.4 is 10.2 Å². The van der Waals surface area contributed by atoms with Crippen molar-refractivity contribution in [3.63, 3.8) is 0 Å². The van der Waals surface area contributed by atoms with Gasteiger partial charge in [0, 0.05) is 31.5 Å². The minimum atomic E-state index is 0.523. The number of aromatic nitrogens is 1. The third-order valence-corrected chi connectivity index (χ3v) is 3.93. The lowest BCUT2D eigenvalue weighted by Crippen LogP contribution is -2.21. The number of hydrogen-bond acceptors (Lipinski definition) is 3. The molecule has 0 fully saturated rings. The van der Waals surface area contributed by atoms with Crippen molar-refractivity contribution < 1.29 is 0 Å². The van der Waals surface area contributed by atoms with Crippen molar-refractivity contribution in [3.05, 3.63) is 52.8 Å². The molecular formula is C17H22ClN3. The number of aryl methyl sites for hydroxylation is 1. The molecule has 1 heterocycles. The molecule has 112 valence electrons. The van der Waals surface area contributed by atoms with E-state index in [0.29, 0.717) is 5.15 Å². The van der Waals surface area contributed by atoms with Crippen LogP contribution >= 0.6 is 11.6 Å². The molecule has 0 aliphatic rings. The molecule has 1 aromatic heterocycles. The van der Waals surface area contributed by atoms with E-state index in [0.717, 1.165) is 30.9 Å². The Kier molecular flexibility index (Phi) is 5.45. The van der Waals surface area contributed by atoms with Crippen LogP contribution in [0.25, 0.3) is 0 Å². The lowest BCUT2D eigenvalue weighted by molar-refractivity contribution is 0.865. The highest BCUT2D eigenvalue weighted by Gasteiger charge is 2.05. The number of nitrogens with one attached hydrogen (secondary N) is 1. The Morgan fingerprint density at radius 1 is 1.10 bits per heavy atom. The van der Waals surface area contributed by atoms with Crippen molar-refractivity contribution in [2.24, 2.45) is 0 Å². The van der Waals surface area contributed by atoms with E-state index in [1.165, 1.54) is 11.3 Å². The van der Waals surface area contributed by atoms with Gasteiger partial charge in [-0.1, -0.05) is 23.7 Å². The molecule has 0 aliphatic carbocycles. The fourth-order valence-corrected chi connectivity index (χ4v) is 2.61. The molecule has 1 aromatic carbocycles. The van der Waals surface area contributed by atoms with E-state index in [1.807, 2.05) is 13.0 Å². The van der Waals surface area contributed by atoms with E-state index in [4.69, 9.17) is 11.6 Å². The molecule has 1 N–H and O–H groups in total. The average molecular weight is 304 g/mol. The highest BCUT2D eigenvalue weighted by Crippen LogP contribution is 2.23. The predicted molar refractivity (Wildman–Crippen MR) is 91.3 cm³/mol. The third-order valence-electron chi connectivity index (χ3n) is 3.65. The second-order valence-electron chi connectivity index (χ2n) is 4.99. The van der Waals surface area contributed by atoms with Gasteiger partial charge in [0.1, 0.15) is 0 Å². The zero-order chi connectivity index (χ0) is 15.2. The summed E-state index contributed by atoms with van der Waals surface area (Å²) in [5.74, 6) is 0. The van der Waals surface area contributed by atoms with Gasteiger partial charge in [-0.2, -0.15) is 0 Å². The number of halogens is 1. The first kappa shape index (κ1) is 15.6. The number of anilines is 2. The van der Waals surface area contributed by atoms with Crippen LogP contribution in [0.15, 0.2) is 36.5 Å². The molecule has 0 atom stereocenters. The Hall–Kier alpha value is -1.74. The SMILES string of the molecule is CCN(CC)c1ccc(CNc2c(C)ccnc2Cl)cc1. The topological polar surface area (TPSA) is 28.2 Å². The molecule has 0 bridgehead atoms. The first-order valence-electron chi connectivity index (χ1n) is 7.34. The Morgan fingerprint density at radius 3 is 2.33 bits per heavy atom. The number of nitrogens with zero attached hydrogens (tertiary/aromatic N) is 2. The van der Waals surface area contributed by atoms with Gasteiger partial charge in [0.05, 0.1) is 5.69 Å². The Bertz CT molecular complexity index is 557. The number of hydrogen-bond donors (Lipinski definition) is 1. The number of pyridine rings is 1. The van der Waals surface area contributed by atoms with Crippen molar-refractivity contribution >= 4 is 23.0 Å². The highest BCUT2D eigenvalue weighted by molar-refractivity contribution is 6.32. The third kappa shape index (κ3) is 3.88. The molecule has 0 spiro atoms. The molecule has 2 aromatic rings. The van der Waals surface area contributed by atoms with Crippen LogP contribution in [0.3, 0.4) is 0 Å². The van der Waals surface area contributed by atoms with Gasteiger partial charge in [-0.15, -0.1) is 0 Å². The van der Waals surface area contributed by atoms with Crippen LogP contribution in [-0.2, 0) is 6.54 Å². The molecule has 0 saturated heterocycles. The summed E-state index contributed by atoms with van der Waals surface area (Å²) in [5.41, 5.74) is 4.51. The summed E-state index contributed by atoms with van der Waals surface area (Å²) < 4.78 is 0. The molecule has 3 nitrogen and oxygen atoms in total. The second-order valence-corrected chi connectivity index (χ2v) is 5.34. The fourth-order valence-electron chi connectivity index (χ4n) is 2.34. The normalized spacial score (nSPS) is 10.5. The van der Waals surface area contributed by atoms with Gasteiger partial charge in [-0.05, 0) is 50.1 Å². The quantitative estimate of drug-likeness (QED) is 0.796. The van der Waals surface area contributed by atoms with E-state index in [9.17, 15) is 0 Å². The first-order valence-corrected chi connectivity index (χ1v) is 7.72. The molecule has 2 rings (SSSR count). The average Bonchev–Trinajstić information content (AvgIpc) is 2.49. The van der Waals surface area contributed by atoms with Crippen molar-refractivity contribution in [1.82, 2.24) is 4.98 Å². The second kappa shape index (κ2) is 7.32. The summed E-state index contributed by atoms with van der Waals surface area (Å²) in [6, 6.07) is 10.6. The standard InChI is InChI=1S/C17H22ClN3/c1-4-21(5-2)15-8-6-14(7-9-15)12-20-16-13(3)10-11-19-17(16)18/h6-11,20H,4-5,12H2,1-3H3. The monoisotopic (exact) mass is 303 g/mol. The van der Waals surface area contributed by atoms with Gasteiger partial charge in [0.2, 0.25) is 0 Å². The molecule has 0 saturated carbocycles. The van der Waals surface area contributed by atoms with Crippen molar-refractivity contribution in [2.75, 3.05) is 23.3 Å². The Labute approximate surface area is 132 Å². The lowest BCUT2D eigenvalue weighted by Gasteiger charge is -2.21. The molecule has 4 heteroatoms. The summed E-state index contributed by atoms with van der Waals surface area (Å²) in [5, 5.41) is 3.89. The first-order chi connectivity index (χ1) is 10.2. The van der Waals surface area contributed by atoms with E-state index >= 15 is 0 Å². The van der Waals surface area contributed by atoms with Gasteiger partial charge < -0.3 is 10.2 Å². The summed E-state index contributed by atoms with van der Waals surface area (Å²) >= 11 is 6.12. The zero-order valence-corrected chi connectivity index (χ0v) is 13.6. The number of benzene rings is 1. The van der Waals surface area contributed by atoms with Gasteiger partial charge >= 0.3 is 0 Å². The molecule has 0 aliphatic heterocycles. The highest BCUT2D eigenvalue weighted by atomic mass is 35.5. The predicted octanol–water partition coefficient (Wildman–Crippen LogP) is 4.50. The fraction of sp³-hybridized carbons (Fsp3) is 0.353. The minimum Gasteiger partial charge on any atom is -0.378 e. The maximum Gasteiger partial charge on any atom is 0.152 e. The summed E-state index contributed by atoms with van der Waals surface area (Å²) in [6.07, 6.45) is 1.72. The maximum absolute atomic E-state index is 6.12. The largest absolute Gasteiger partial charge is 0.378 e. The van der Waals surface area contributed by atoms with Gasteiger partial charge in [-0.25, -0.2) is 4.98 Å². The Morgan fingerprint density at radius 2 is 1.76 bits per heavy atom. The molecule has 0 radical (unpaired) electrons. The van der Waals surface area contributed by atoms with Crippen molar-refractivity contribution in [2.45, 2.75) is 27.3 Å². The molecule has 0 unspecified atom stereocenters. The summed E-state index contributed by atoms with van der Waals surface area (Å²) in [7, 11) is 0. The minimum absolute atomic E-state index is 0.523. The van der Waals surface area contributed by atoms with Gasteiger partial charge in [0.25, 0.3) is 0 Å². The molecule has 0 amide bonds. The van der Waals surface area contributed by atoms with Gasteiger partial charge in [-0.3, -0.25) is 0 Å². The van der Waals surface area contributed by atoms with Crippen LogP contribution in [0, 0.1) is 6.92 Å². The van der Waals surface area contributed by atoms with E-state index in [2.05, 4.69) is 53.3 Å². The maximum atomic E-state index is 6.12. The van der Waals surface area contributed by atoms with Crippen molar-refractivity contribution in [3.8, 4) is 0 Å². The summed E-state index contributed by atoms with van der Waals surface area (Å²) in [4.78, 5) is 6.44. The van der Waals surface area contributed by atoms with Crippen LogP contribution in [0.5, 0.6) is 0 Å². The van der Waals surface area contributed by atoms with Gasteiger partial charge in [0.15, 0.2) is 5.15 Å².